The van der Waals surface area contributed by atoms with Gasteiger partial charge in [0.25, 0.3) is 0 Å². The van der Waals surface area contributed by atoms with Crippen molar-refractivity contribution in [3.05, 3.63) is 0 Å². The molecule has 5 atom stereocenters. The molecule has 1 fully saturated rings. The minimum Gasteiger partial charge on any atom is -0.389 e. The molecule has 1 aliphatic heterocycles. The van der Waals surface area contributed by atoms with Gasteiger partial charge >= 0.3 is 7.60 Å². The highest BCUT2D eigenvalue weighted by Crippen LogP contribution is 2.37. The van der Waals surface area contributed by atoms with Gasteiger partial charge < -0.3 is 30.2 Å². The van der Waals surface area contributed by atoms with Crippen LogP contribution in [0.25, 0.3) is 0 Å². The molecule has 0 amide bonds. The SMILES string of the molecule is CN1[C@H](O)[C@@H](O)[C@@H](O)[C@H](O)[C@H]1CCP(=O)(O)O. The van der Waals surface area contributed by atoms with Crippen LogP contribution in [0.4, 0.5) is 0 Å². The van der Waals surface area contributed by atoms with Crippen LogP contribution in [0.1, 0.15) is 6.42 Å². The highest BCUT2D eigenvalue weighted by molar-refractivity contribution is 7.51. The fourth-order valence-corrected chi connectivity index (χ4v) is 2.56. The maximum absolute atomic E-state index is 10.7. The van der Waals surface area contributed by atoms with E-state index in [0.717, 1.165) is 0 Å². The second-order valence-corrected chi connectivity index (χ2v) is 6.07. The molecule has 9 heteroatoms. The Kier molecular flexibility index (Phi) is 4.67. The van der Waals surface area contributed by atoms with Crippen LogP contribution in [0.15, 0.2) is 0 Å². The quantitative estimate of drug-likeness (QED) is 0.304. The Hall–Kier alpha value is -0.0500. The van der Waals surface area contributed by atoms with Gasteiger partial charge in [-0.25, -0.2) is 0 Å². The van der Waals surface area contributed by atoms with Crippen LogP contribution in [0.3, 0.4) is 0 Å². The highest BCUT2D eigenvalue weighted by atomic mass is 31.2. The summed E-state index contributed by atoms with van der Waals surface area (Å²) in [4.78, 5) is 18.7. The molecule has 0 aromatic rings. The lowest BCUT2D eigenvalue weighted by Gasteiger charge is -2.45. The largest absolute Gasteiger partial charge is 0.389 e. The van der Waals surface area contributed by atoms with E-state index >= 15 is 0 Å². The van der Waals surface area contributed by atoms with Crippen LogP contribution >= 0.6 is 7.60 Å². The number of rotatable bonds is 3. The standard InChI is InChI=1S/C8H18NO7P/c1-9-4(2-3-17(14,15)16)5(10)6(11)7(12)8(9)13/h4-8,10-13H,2-3H2,1H3,(H2,14,15,16)/t4-,5-,6+,7+,8-/m1/s1. The minimum atomic E-state index is -4.20. The van der Waals surface area contributed by atoms with Gasteiger partial charge in [-0.15, -0.1) is 0 Å². The first-order valence-corrected chi connectivity index (χ1v) is 6.93. The lowest BCUT2D eigenvalue weighted by atomic mass is 9.91. The summed E-state index contributed by atoms with van der Waals surface area (Å²) in [5, 5.41) is 38.1. The molecule has 0 aromatic carbocycles. The molecule has 0 unspecified atom stereocenters. The fraction of sp³-hybridized carbons (Fsp3) is 1.00. The normalized spacial score (nSPS) is 40.5. The molecule has 0 saturated carbocycles. The van der Waals surface area contributed by atoms with E-state index in [1.807, 2.05) is 0 Å². The van der Waals surface area contributed by atoms with Crippen molar-refractivity contribution in [2.24, 2.45) is 0 Å². The van der Waals surface area contributed by atoms with Crippen molar-refractivity contribution in [2.45, 2.75) is 37.0 Å². The summed E-state index contributed by atoms with van der Waals surface area (Å²) in [6.45, 7) is 0. The number of piperidine rings is 1. The van der Waals surface area contributed by atoms with Crippen molar-refractivity contribution < 1.29 is 34.8 Å². The van der Waals surface area contributed by atoms with E-state index in [2.05, 4.69) is 0 Å². The maximum Gasteiger partial charge on any atom is 0.325 e. The van der Waals surface area contributed by atoms with Gasteiger partial charge in [0.15, 0.2) is 0 Å². The van der Waals surface area contributed by atoms with E-state index in [1.165, 1.54) is 11.9 Å². The zero-order valence-corrected chi connectivity index (χ0v) is 10.2. The molecule has 1 rings (SSSR count). The van der Waals surface area contributed by atoms with E-state index in [4.69, 9.17) is 9.79 Å². The summed E-state index contributed by atoms with van der Waals surface area (Å²) in [5.74, 6) is 0. The summed E-state index contributed by atoms with van der Waals surface area (Å²) in [6, 6.07) is -0.823. The van der Waals surface area contributed by atoms with Crippen molar-refractivity contribution in [2.75, 3.05) is 13.2 Å². The average Bonchev–Trinajstić information content (AvgIpc) is 2.22. The topological polar surface area (TPSA) is 142 Å². The molecule has 0 radical (unpaired) electrons. The Labute approximate surface area is 98.3 Å². The molecule has 1 aliphatic rings. The van der Waals surface area contributed by atoms with E-state index in [1.54, 1.807) is 0 Å². The first kappa shape index (κ1) is 15.0. The number of aliphatic hydroxyl groups excluding tert-OH is 4. The van der Waals surface area contributed by atoms with Crippen molar-refractivity contribution in [1.82, 2.24) is 4.90 Å². The van der Waals surface area contributed by atoms with Gasteiger partial charge in [-0.1, -0.05) is 0 Å². The van der Waals surface area contributed by atoms with E-state index < -0.39 is 44.3 Å². The van der Waals surface area contributed by atoms with Gasteiger partial charge in [0.2, 0.25) is 0 Å². The number of aliphatic hydroxyl groups is 4. The first-order valence-electron chi connectivity index (χ1n) is 5.14. The predicted molar refractivity (Wildman–Crippen MR) is 57.1 cm³/mol. The molecule has 0 aromatic heterocycles. The molecular weight excluding hydrogens is 253 g/mol. The molecule has 17 heavy (non-hydrogen) atoms. The lowest BCUT2D eigenvalue weighted by molar-refractivity contribution is -0.210. The molecular formula is C8H18NO7P. The average molecular weight is 271 g/mol. The summed E-state index contributed by atoms with van der Waals surface area (Å²) in [5.41, 5.74) is 0. The molecule has 0 aliphatic carbocycles. The van der Waals surface area contributed by atoms with E-state index in [-0.39, 0.29) is 6.42 Å². The van der Waals surface area contributed by atoms with Gasteiger partial charge in [-0.3, -0.25) is 9.46 Å². The van der Waals surface area contributed by atoms with Gasteiger partial charge in [-0.2, -0.15) is 0 Å². The number of hydrogen-bond donors (Lipinski definition) is 6. The van der Waals surface area contributed by atoms with E-state index in [0.29, 0.717) is 0 Å². The lowest BCUT2D eigenvalue weighted by Crippen LogP contribution is -2.65. The van der Waals surface area contributed by atoms with Crippen LogP contribution in [0.2, 0.25) is 0 Å². The van der Waals surface area contributed by atoms with Crippen molar-refractivity contribution in [3.8, 4) is 0 Å². The molecule has 1 heterocycles. The number of hydrogen-bond acceptors (Lipinski definition) is 6. The van der Waals surface area contributed by atoms with Gasteiger partial charge in [-0.05, 0) is 13.5 Å². The van der Waals surface area contributed by atoms with Gasteiger partial charge in [0, 0.05) is 6.04 Å². The smallest absolute Gasteiger partial charge is 0.325 e. The minimum absolute atomic E-state index is 0.0945. The first-order chi connectivity index (χ1) is 7.65. The van der Waals surface area contributed by atoms with Gasteiger partial charge in [0.05, 0.1) is 12.3 Å². The van der Waals surface area contributed by atoms with Crippen LogP contribution in [-0.4, -0.2) is 78.9 Å². The third-order valence-electron chi connectivity index (χ3n) is 3.06. The molecule has 8 nitrogen and oxygen atoms in total. The summed E-state index contributed by atoms with van der Waals surface area (Å²) in [7, 11) is -2.81. The van der Waals surface area contributed by atoms with Crippen LogP contribution < -0.4 is 0 Å². The number of likely N-dealkylation sites (tertiary alicyclic amines) is 1. The van der Waals surface area contributed by atoms with Crippen molar-refractivity contribution in [1.29, 1.82) is 0 Å². The molecule has 102 valence electrons. The van der Waals surface area contributed by atoms with Crippen molar-refractivity contribution >= 4 is 7.60 Å². The molecule has 0 bridgehead atoms. The van der Waals surface area contributed by atoms with Crippen LogP contribution in [0.5, 0.6) is 0 Å². The predicted octanol–water partition coefficient (Wildman–Crippen LogP) is -2.73. The Morgan fingerprint density at radius 3 is 2.06 bits per heavy atom. The van der Waals surface area contributed by atoms with E-state index in [9.17, 15) is 25.0 Å². The third-order valence-corrected chi connectivity index (χ3v) is 3.90. The van der Waals surface area contributed by atoms with Crippen LogP contribution in [-0.2, 0) is 4.57 Å². The molecule has 0 spiro atoms. The zero-order valence-electron chi connectivity index (χ0n) is 9.29. The molecule has 1 saturated heterocycles. The second-order valence-electron chi connectivity index (χ2n) is 4.30. The zero-order chi connectivity index (χ0) is 13.4. The second kappa shape index (κ2) is 5.29. The van der Waals surface area contributed by atoms with Crippen LogP contribution in [0, 0.1) is 0 Å². The Bertz CT molecular complexity index is 292. The highest BCUT2D eigenvalue weighted by Gasteiger charge is 2.45. The monoisotopic (exact) mass is 271 g/mol. The number of nitrogens with zero attached hydrogens (tertiary/aromatic N) is 1. The molecule has 6 N–H and O–H groups in total. The third kappa shape index (κ3) is 3.46. The summed E-state index contributed by atoms with van der Waals surface area (Å²) < 4.78 is 10.7. The summed E-state index contributed by atoms with van der Waals surface area (Å²) in [6.07, 6.45) is -6.36. The Balaban J connectivity index is 2.73. The fourth-order valence-electron chi connectivity index (χ4n) is 1.96. The Morgan fingerprint density at radius 2 is 1.59 bits per heavy atom. The Morgan fingerprint density at radius 1 is 1.06 bits per heavy atom. The maximum atomic E-state index is 10.7. The van der Waals surface area contributed by atoms with Crippen molar-refractivity contribution in [3.63, 3.8) is 0 Å². The number of likely N-dealkylation sites (N-methyl/N-ethyl adjacent to an activating group) is 1. The van der Waals surface area contributed by atoms with Gasteiger partial charge in [0.1, 0.15) is 18.4 Å². The summed E-state index contributed by atoms with van der Waals surface area (Å²) >= 11 is 0.